The Balaban J connectivity index is 2.20. The fourth-order valence-corrected chi connectivity index (χ4v) is 2.62. The van der Waals surface area contributed by atoms with Crippen molar-refractivity contribution in [3.05, 3.63) is 52.3 Å². The molecule has 0 saturated carbocycles. The molecule has 2 rings (SSSR count). The largest absolute Gasteiger partial charge is 0.322 e. The van der Waals surface area contributed by atoms with Crippen LogP contribution in [0, 0.1) is 0 Å². The van der Waals surface area contributed by atoms with Gasteiger partial charge < -0.3 is 5.32 Å². The highest BCUT2D eigenvalue weighted by Gasteiger charge is 2.11. The Morgan fingerprint density at radius 1 is 1.36 bits per heavy atom. The predicted molar refractivity (Wildman–Crippen MR) is 91.1 cm³/mol. The number of nitrogens with zero attached hydrogens (tertiary/aromatic N) is 2. The molecule has 0 atom stereocenters. The topological polar surface area (TPSA) is 46.9 Å². The third-order valence-corrected chi connectivity index (χ3v) is 3.83. The summed E-state index contributed by atoms with van der Waals surface area (Å²) in [7, 11) is 1.84. The van der Waals surface area contributed by atoms with E-state index in [-0.39, 0.29) is 5.91 Å². The Hall–Kier alpha value is -2.07. The van der Waals surface area contributed by atoms with Crippen LogP contribution in [-0.2, 0) is 24.7 Å². The molecular weight excluding hydrogens is 298 g/mol. The molecule has 1 N–H and O–H groups in total. The molecule has 2 aromatic rings. The van der Waals surface area contributed by atoms with Gasteiger partial charge in [0, 0.05) is 35.6 Å². The summed E-state index contributed by atoms with van der Waals surface area (Å²) in [4.78, 5) is 12.2. The van der Waals surface area contributed by atoms with E-state index in [2.05, 4.69) is 17.3 Å². The van der Waals surface area contributed by atoms with Crippen molar-refractivity contribution in [3.63, 3.8) is 0 Å². The number of anilines is 1. The zero-order valence-electron chi connectivity index (χ0n) is 13.1. The van der Waals surface area contributed by atoms with Crippen LogP contribution < -0.4 is 5.32 Å². The summed E-state index contributed by atoms with van der Waals surface area (Å²) in [6, 6.07) is 3.85. The second kappa shape index (κ2) is 7.27. The number of amides is 1. The van der Waals surface area contributed by atoms with E-state index in [4.69, 9.17) is 11.6 Å². The molecule has 0 spiro atoms. The summed E-state index contributed by atoms with van der Waals surface area (Å²) in [5, 5.41) is 7.71. The minimum absolute atomic E-state index is 0.171. The summed E-state index contributed by atoms with van der Waals surface area (Å²) in [5.74, 6) is -0.171. The van der Waals surface area contributed by atoms with Crippen LogP contribution in [0.15, 0.2) is 30.6 Å². The lowest BCUT2D eigenvalue weighted by molar-refractivity contribution is -0.111. The number of hydrogen-bond donors (Lipinski definition) is 1. The van der Waals surface area contributed by atoms with Crippen LogP contribution in [0.1, 0.15) is 30.5 Å². The molecule has 0 unspecified atom stereocenters. The number of rotatable bonds is 5. The molecule has 1 aromatic heterocycles. The molecule has 0 bridgehead atoms. The lowest BCUT2D eigenvalue weighted by Crippen LogP contribution is -2.12. The van der Waals surface area contributed by atoms with E-state index in [0.717, 1.165) is 35.2 Å². The van der Waals surface area contributed by atoms with Gasteiger partial charge in [0.25, 0.3) is 0 Å². The normalized spacial score (nSPS) is 11.1. The van der Waals surface area contributed by atoms with Crippen molar-refractivity contribution in [1.82, 2.24) is 9.78 Å². The van der Waals surface area contributed by atoms with Gasteiger partial charge in [0.1, 0.15) is 0 Å². The molecule has 0 radical (unpaired) electrons. The minimum atomic E-state index is -0.171. The van der Waals surface area contributed by atoms with Crippen molar-refractivity contribution >= 4 is 29.3 Å². The lowest BCUT2D eigenvalue weighted by Gasteiger charge is -2.15. The Morgan fingerprint density at radius 3 is 2.73 bits per heavy atom. The summed E-state index contributed by atoms with van der Waals surface area (Å²) in [6.45, 7) is 4.09. The average Bonchev–Trinajstić information content (AvgIpc) is 2.91. The molecule has 1 aromatic carbocycles. The van der Waals surface area contributed by atoms with Crippen molar-refractivity contribution in [1.29, 1.82) is 0 Å². The monoisotopic (exact) mass is 317 g/mol. The summed E-state index contributed by atoms with van der Waals surface area (Å²) < 4.78 is 1.69. The second-order valence-corrected chi connectivity index (χ2v) is 5.44. The van der Waals surface area contributed by atoms with E-state index >= 15 is 0 Å². The first-order valence-corrected chi connectivity index (χ1v) is 7.70. The first-order valence-electron chi connectivity index (χ1n) is 7.33. The zero-order chi connectivity index (χ0) is 16.1. The molecule has 1 amide bonds. The number of halogens is 1. The van der Waals surface area contributed by atoms with Gasteiger partial charge in [-0.25, -0.2) is 0 Å². The van der Waals surface area contributed by atoms with E-state index < -0.39 is 0 Å². The summed E-state index contributed by atoms with van der Waals surface area (Å²) >= 11 is 6.24. The van der Waals surface area contributed by atoms with E-state index in [1.807, 2.05) is 32.3 Å². The number of carbonyl (C=O) groups excluding carboxylic acids is 1. The van der Waals surface area contributed by atoms with Gasteiger partial charge in [0.05, 0.1) is 6.20 Å². The van der Waals surface area contributed by atoms with Gasteiger partial charge in [-0.05, 0) is 36.1 Å². The standard InChI is InChI=1S/C17H20ClN3O/c1-4-13-7-8-15(18)14(5-2)17(13)20-16(22)9-6-12-10-19-21(3)11-12/h6-11H,4-5H2,1-3H3,(H,20,22)/b9-6-. The second-order valence-electron chi connectivity index (χ2n) is 5.04. The molecule has 0 aliphatic carbocycles. The maximum atomic E-state index is 12.2. The fourth-order valence-electron chi connectivity index (χ4n) is 2.33. The van der Waals surface area contributed by atoms with Gasteiger partial charge in [-0.3, -0.25) is 9.48 Å². The van der Waals surface area contributed by atoms with E-state index in [1.54, 1.807) is 17.0 Å². The van der Waals surface area contributed by atoms with Crippen LogP contribution in [0.4, 0.5) is 5.69 Å². The van der Waals surface area contributed by atoms with Crippen LogP contribution in [-0.4, -0.2) is 15.7 Å². The number of carbonyl (C=O) groups is 1. The number of benzene rings is 1. The molecule has 0 saturated heterocycles. The fraction of sp³-hybridized carbons (Fsp3) is 0.294. The Labute approximate surface area is 135 Å². The smallest absolute Gasteiger partial charge is 0.248 e. The number of hydrogen-bond acceptors (Lipinski definition) is 2. The molecule has 0 fully saturated rings. The van der Waals surface area contributed by atoms with Gasteiger partial charge >= 0.3 is 0 Å². The lowest BCUT2D eigenvalue weighted by atomic mass is 10.0. The average molecular weight is 318 g/mol. The van der Waals surface area contributed by atoms with Gasteiger partial charge in [-0.15, -0.1) is 0 Å². The van der Waals surface area contributed by atoms with Crippen LogP contribution in [0.25, 0.3) is 6.08 Å². The van der Waals surface area contributed by atoms with Crippen LogP contribution in [0.3, 0.4) is 0 Å². The number of aryl methyl sites for hydroxylation is 2. The predicted octanol–water partition coefficient (Wildman–Crippen LogP) is 3.85. The highest BCUT2D eigenvalue weighted by Crippen LogP contribution is 2.29. The molecule has 5 heteroatoms. The number of aromatic nitrogens is 2. The van der Waals surface area contributed by atoms with Crippen molar-refractivity contribution in [2.24, 2.45) is 7.05 Å². The van der Waals surface area contributed by atoms with E-state index in [1.165, 1.54) is 6.08 Å². The molecule has 116 valence electrons. The summed E-state index contributed by atoms with van der Waals surface area (Å²) in [6.07, 6.45) is 8.41. The molecule has 0 aliphatic heterocycles. The van der Waals surface area contributed by atoms with Gasteiger partial charge in [0.15, 0.2) is 0 Å². The Morgan fingerprint density at radius 2 is 2.14 bits per heavy atom. The van der Waals surface area contributed by atoms with Crippen molar-refractivity contribution < 1.29 is 4.79 Å². The van der Waals surface area contributed by atoms with Crippen LogP contribution >= 0.6 is 11.6 Å². The third kappa shape index (κ3) is 3.77. The zero-order valence-corrected chi connectivity index (χ0v) is 13.8. The van der Waals surface area contributed by atoms with Crippen molar-refractivity contribution in [2.75, 3.05) is 5.32 Å². The van der Waals surface area contributed by atoms with Crippen LogP contribution in [0.2, 0.25) is 5.02 Å². The highest BCUT2D eigenvalue weighted by atomic mass is 35.5. The highest BCUT2D eigenvalue weighted by molar-refractivity contribution is 6.32. The molecule has 22 heavy (non-hydrogen) atoms. The van der Waals surface area contributed by atoms with E-state index in [0.29, 0.717) is 5.02 Å². The van der Waals surface area contributed by atoms with Crippen molar-refractivity contribution in [3.8, 4) is 0 Å². The quantitative estimate of drug-likeness (QED) is 0.851. The molecule has 4 nitrogen and oxygen atoms in total. The Kier molecular flexibility index (Phi) is 5.39. The van der Waals surface area contributed by atoms with E-state index in [9.17, 15) is 4.79 Å². The number of nitrogens with one attached hydrogen (secondary N) is 1. The Bertz CT molecular complexity index is 704. The molecule has 0 aliphatic rings. The van der Waals surface area contributed by atoms with Crippen LogP contribution in [0.5, 0.6) is 0 Å². The SMILES string of the molecule is CCc1ccc(Cl)c(CC)c1NC(=O)/C=C\c1cnn(C)c1. The van der Waals surface area contributed by atoms with Gasteiger partial charge in [-0.1, -0.05) is 31.5 Å². The summed E-state index contributed by atoms with van der Waals surface area (Å²) in [5.41, 5.74) is 3.78. The van der Waals surface area contributed by atoms with Gasteiger partial charge in [0.2, 0.25) is 5.91 Å². The first kappa shape index (κ1) is 16.3. The molecule has 1 heterocycles. The third-order valence-electron chi connectivity index (χ3n) is 3.48. The first-order chi connectivity index (χ1) is 10.5. The maximum Gasteiger partial charge on any atom is 0.248 e. The molecular formula is C17H20ClN3O. The van der Waals surface area contributed by atoms with Gasteiger partial charge in [-0.2, -0.15) is 5.10 Å². The van der Waals surface area contributed by atoms with Crippen molar-refractivity contribution in [2.45, 2.75) is 26.7 Å². The minimum Gasteiger partial charge on any atom is -0.322 e. The maximum absolute atomic E-state index is 12.2.